The van der Waals surface area contributed by atoms with Gasteiger partial charge in [0.1, 0.15) is 5.82 Å². The van der Waals surface area contributed by atoms with Crippen molar-refractivity contribution in [3.05, 3.63) is 72.2 Å². The van der Waals surface area contributed by atoms with Gasteiger partial charge in [0.05, 0.1) is 17.6 Å². The minimum atomic E-state index is -0.197. The Morgan fingerprint density at radius 2 is 1.79 bits per heavy atom. The van der Waals surface area contributed by atoms with E-state index >= 15 is 0 Å². The van der Waals surface area contributed by atoms with Crippen LogP contribution < -0.4 is 0 Å². The van der Waals surface area contributed by atoms with Crippen LogP contribution in [0.25, 0.3) is 16.9 Å². The molecule has 0 aliphatic rings. The van der Waals surface area contributed by atoms with E-state index in [-0.39, 0.29) is 5.82 Å². The second-order valence-electron chi connectivity index (χ2n) is 4.43. The standard InChI is InChI=1S/C16H13FN2/c1-12-11-14(7-8-15(12)17)19-16(9-10-18-19)13-5-3-2-4-6-13/h2-11H,1H3. The summed E-state index contributed by atoms with van der Waals surface area (Å²) in [5.41, 5.74) is 3.56. The van der Waals surface area contributed by atoms with E-state index in [4.69, 9.17) is 0 Å². The van der Waals surface area contributed by atoms with Gasteiger partial charge in [0, 0.05) is 5.56 Å². The molecule has 0 unspecified atom stereocenters. The first-order valence-corrected chi connectivity index (χ1v) is 6.12. The fourth-order valence-corrected chi connectivity index (χ4v) is 2.10. The highest BCUT2D eigenvalue weighted by Crippen LogP contribution is 2.22. The van der Waals surface area contributed by atoms with Crippen LogP contribution in [-0.2, 0) is 0 Å². The summed E-state index contributed by atoms with van der Waals surface area (Å²) in [6, 6.07) is 17.0. The van der Waals surface area contributed by atoms with Crippen molar-refractivity contribution in [1.82, 2.24) is 9.78 Å². The molecule has 0 radical (unpaired) electrons. The van der Waals surface area contributed by atoms with Gasteiger partial charge in [0.15, 0.2) is 0 Å². The van der Waals surface area contributed by atoms with Crippen molar-refractivity contribution < 1.29 is 4.39 Å². The molecule has 0 bridgehead atoms. The van der Waals surface area contributed by atoms with Crippen molar-refractivity contribution in [3.63, 3.8) is 0 Å². The molecule has 1 aromatic heterocycles. The lowest BCUT2D eigenvalue weighted by molar-refractivity contribution is 0.617. The van der Waals surface area contributed by atoms with E-state index < -0.39 is 0 Å². The van der Waals surface area contributed by atoms with Gasteiger partial charge in [-0.1, -0.05) is 30.3 Å². The molecular formula is C16H13FN2. The molecule has 0 atom stereocenters. The van der Waals surface area contributed by atoms with Crippen LogP contribution in [0.5, 0.6) is 0 Å². The largest absolute Gasteiger partial charge is 0.233 e. The normalized spacial score (nSPS) is 10.6. The van der Waals surface area contributed by atoms with Gasteiger partial charge < -0.3 is 0 Å². The van der Waals surface area contributed by atoms with Crippen LogP contribution >= 0.6 is 0 Å². The van der Waals surface area contributed by atoms with Crippen LogP contribution in [-0.4, -0.2) is 9.78 Å². The molecule has 0 amide bonds. The van der Waals surface area contributed by atoms with Gasteiger partial charge in [-0.2, -0.15) is 5.10 Å². The third kappa shape index (κ3) is 2.15. The van der Waals surface area contributed by atoms with Gasteiger partial charge in [-0.15, -0.1) is 0 Å². The van der Waals surface area contributed by atoms with Gasteiger partial charge in [-0.3, -0.25) is 0 Å². The lowest BCUT2D eigenvalue weighted by atomic mass is 10.1. The summed E-state index contributed by atoms with van der Waals surface area (Å²) < 4.78 is 15.2. The molecule has 2 nitrogen and oxygen atoms in total. The van der Waals surface area contributed by atoms with E-state index in [2.05, 4.69) is 5.10 Å². The number of aryl methyl sites for hydroxylation is 1. The average molecular weight is 252 g/mol. The Bertz CT molecular complexity index is 702. The molecule has 0 saturated carbocycles. The van der Waals surface area contributed by atoms with E-state index in [1.807, 2.05) is 41.1 Å². The van der Waals surface area contributed by atoms with E-state index in [9.17, 15) is 4.39 Å². The third-order valence-electron chi connectivity index (χ3n) is 3.10. The Labute approximate surface area is 111 Å². The second-order valence-corrected chi connectivity index (χ2v) is 4.43. The fraction of sp³-hybridized carbons (Fsp3) is 0.0625. The van der Waals surface area contributed by atoms with Crippen LogP contribution in [0.4, 0.5) is 4.39 Å². The van der Waals surface area contributed by atoms with Crippen molar-refractivity contribution in [2.75, 3.05) is 0 Å². The van der Waals surface area contributed by atoms with Gasteiger partial charge in [-0.05, 0) is 36.8 Å². The quantitative estimate of drug-likeness (QED) is 0.674. The number of nitrogens with zero attached hydrogens (tertiary/aromatic N) is 2. The molecule has 19 heavy (non-hydrogen) atoms. The lowest BCUT2D eigenvalue weighted by Gasteiger charge is -2.08. The molecule has 0 N–H and O–H groups in total. The molecule has 0 fully saturated rings. The topological polar surface area (TPSA) is 17.8 Å². The van der Waals surface area contributed by atoms with Crippen molar-refractivity contribution in [2.45, 2.75) is 6.92 Å². The molecule has 0 saturated heterocycles. The van der Waals surface area contributed by atoms with Crippen LogP contribution in [0.2, 0.25) is 0 Å². The summed E-state index contributed by atoms with van der Waals surface area (Å²) in [5, 5.41) is 4.33. The smallest absolute Gasteiger partial charge is 0.126 e. The maximum atomic E-state index is 13.3. The molecule has 94 valence electrons. The average Bonchev–Trinajstić information content (AvgIpc) is 2.92. The molecule has 0 spiro atoms. The van der Waals surface area contributed by atoms with Crippen molar-refractivity contribution in [3.8, 4) is 16.9 Å². The first kappa shape index (κ1) is 11.7. The minimum absolute atomic E-state index is 0.197. The first-order chi connectivity index (χ1) is 9.25. The van der Waals surface area contributed by atoms with Crippen LogP contribution in [0.3, 0.4) is 0 Å². The zero-order chi connectivity index (χ0) is 13.2. The Kier molecular flexibility index (Phi) is 2.88. The van der Waals surface area contributed by atoms with E-state index in [1.54, 1.807) is 25.3 Å². The summed E-state index contributed by atoms with van der Waals surface area (Å²) in [5.74, 6) is -0.197. The van der Waals surface area contributed by atoms with E-state index in [0.29, 0.717) is 5.56 Å². The lowest BCUT2D eigenvalue weighted by Crippen LogP contribution is -1.99. The number of aromatic nitrogens is 2. The van der Waals surface area contributed by atoms with Crippen molar-refractivity contribution in [1.29, 1.82) is 0 Å². The van der Waals surface area contributed by atoms with Crippen LogP contribution in [0, 0.1) is 12.7 Å². The van der Waals surface area contributed by atoms with Gasteiger partial charge in [0.25, 0.3) is 0 Å². The number of hydrogen-bond acceptors (Lipinski definition) is 1. The molecule has 3 aromatic rings. The number of rotatable bonds is 2. The molecule has 0 aliphatic carbocycles. The summed E-state index contributed by atoms with van der Waals surface area (Å²) >= 11 is 0. The molecule has 2 aromatic carbocycles. The molecular weight excluding hydrogens is 239 g/mol. The van der Waals surface area contributed by atoms with E-state index in [0.717, 1.165) is 16.9 Å². The van der Waals surface area contributed by atoms with Crippen LogP contribution in [0.1, 0.15) is 5.56 Å². The number of halogens is 1. The summed E-state index contributed by atoms with van der Waals surface area (Å²) in [7, 11) is 0. The monoisotopic (exact) mass is 252 g/mol. The Hall–Kier alpha value is -2.42. The van der Waals surface area contributed by atoms with Gasteiger partial charge >= 0.3 is 0 Å². The van der Waals surface area contributed by atoms with E-state index in [1.165, 1.54) is 6.07 Å². The highest BCUT2D eigenvalue weighted by atomic mass is 19.1. The van der Waals surface area contributed by atoms with Gasteiger partial charge in [0.2, 0.25) is 0 Å². The Morgan fingerprint density at radius 3 is 2.53 bits per heavy atom. The van der Waals surface area contributed by atoms with Crippen molar-refractivity contribution >= 4 is 0 Å². The summed E-state index contributed by atoms with van der Waals surface area (Å²) in [6.45, 7) is 1.75. The molecule has 3 heteroatoms. The number of hydrogen-bond donors (Lipinski definition) is 0. The zero-order valence-corrected chi connectivity index (χ0v) is 10.5. The third-order valence-corrected chi connectivity index (χ3v) is 3.10. The minimum Gasteiger partial charge on any atom is -0.233 e. The van der Waals surface area contributed by atoms with Crippen molar-refractivity contribution in [2.24, 2.45) is 0 Å². The zero-order valence-electron chi connectivity index (χ0n) is 10.5. The Morgan fingerprint density at radius 1 is 1.00 bits per heavy atom. The maximum absolute atomic E-state index is 13.3. The SMILES string of the molecule is Cc1cc(-n2nccc2-c2ccccc2)ccc1F. The predicted molar refractivity (Wildman–Crippen MR) is 73.7 cm³/mol. The first-order valence-electron chi connectivity index (χ1n) is 6.12. The highest BCUT2D eigenvalue weighted by molar-refractivity contribution is 5.61. The Balaban J connectivity index is 2.12. The molecule has 3 rings (SSSR count). The van der Waals surface area contributed by atoms with Gasteiger partial charge in [-0.25, -0.2) is 9.07 Å². The predicted octanol–water partition coefficient (Wildman–Crippen LogP) is 3.99. The van der Waals surface area contributed by atoms with Crippen LogP contribution in [0.15, 0.2) is 60.8 Å². The number of benzene rings is 2. The maximum Gasteiger partial charge on any atom is 0.126 e. The summed E-state index contributed by atoms with van der Waals surface area (Å²) in [4.78, 5) is 0. The molecule has 1 heterocycles. The second kappa shape index (κ2) is 4.69. The summed E-state index contributed by atoms with van der Waals surface area (Å²) in [6.07, 6.45) is 1.75. The highest BCUT2D eigenvalue weighted by Gasteiger charge is 2.08. The fourth-order valence-electron chi connectivity index (χ4n) is 2.10. The molecule has 0 aliphatic heterocycles.